The van der Waals surface area contributed by atoms with E-state index in [1.54, 1.807) is 0 Å². The fourth-order valence-corrected chi connectivity index (χ4v) is 2.93. The summed E-state index contributed by atoms with van der Waals surface area (Å²) in [5.41, 5.74) is 0.0500. The van der Waals surface area contributed by atoms with Gasteiger partial charge in [-0.15, -0.1) is 0 Å². The lowest BCUT2D eigenvalue weighted by atomic mass is 10.2. The number of halogens is 4. The van der Waals surface area contributed by atoms with E-state index in [-0.39, 0.29) is 9.87 Å². The standard InChI is InChI=1S/C11H11F4NO4S/c12-9-3-1-8(2-4-9)6-21(19,20)16(5-10(17)18)7-11(13,14)15/h1-4H,5-7H2,(H,17,18). The van der Waals surface area contributed by atoms with Crippen LogP contribution in [0.15, 0.2) is 24.3 Å². The summed E-state index contributed by atoms with van der Waals surface area (Å²) < 4.78 is 73.2. The zero-order chi connectivity index (χ0) is 16.3. The van der Waals surface area contributed by atoms with Gasteiger partial charge in [0.15, 0.2) is 0 Å². The van der Waals surface area contributed by atoms with Crippen LogP contribution in [-0.4, -0.2) is 43.1 Å². The maximum Gasteiger partial charge on any atom is 0.402 e. The number of carboxylic acid groups (broad SMARTS) is 1. The maximum atomic E-state index is 12.7. The Hall–Kier alpha value is -1.68. The van der Waals surface area contributed by atoms with Gasteiger partial charge in [-0.2, -0.15) is 17.5 Å². The smallest absolute Gasteiger partial charge is 0.402 e. The van der Waals surface area contributed by atoms with Crippen LogP contribution in [0.5, 0.6) is 0 Å². The molecule has 5 nitrogen and oxygen atoms in total. The fraction of sp³-hybridized carbons (Fsp3) is 0.364. The minimum atomic E-state index is -4.87. The Balaban J connectivity index is 2.97. The number of aliphatic carboxylic acids is 1. The van der Waals surface area contributed by atoms with E-state index in [0.29, 0.717) is 0 Å². The Morgan fingerprint density at radius 2 is 1.71 bits per heavy atom. The second-order valence-corrected chi connectivity index (χ2v) is 6.13. The molecule has 1 rings (SSSR count). The second kappa shape index (κ2) is 6.39. The van der Waals surface area contributed by atoms with Crippen molar-refractivity contribution in [2.24, 2.45) is 0 Å². The third-order valence-electron chi connectivity index (χ3n) is 2.32. The molecule has 0 spiro atoms. The van der Waals surface area contributed by atoms with Gasteiger partial charge < -0.3 is 5.11 Å². The lowest BCUT2D eigenvalue weighted by molar-refractivity contribution is -0.146. The summed E-state index contributed by atoms with van der Waals surface area (Å²) in [5.74, 6) is -3.19. The van der Waals surface area contributed by atoms with E-state index in [4.69, 9.17) is 5.11 Å². The predicted octanol–water partition coefficient (Wildman–Crippen LogP) is 1.60. The molecular formula is C11H11F4NO4S. The molecule has 1 N–H and O–H groups in total. The van der Waals surface area contributed by atoms with Crippen LogP contribution in [0.4, 0.5) is 17.6 Å². The summed E-state index contributed by atoms with van der Waals surface area (Å²) >= 11 is 0. The number of carbonyl (C=O) groups is 1. The molecular weight excluding hydrogens is 318 g/mol. The van der Waals surface area contributed by atoms with Gasteiger partial charge in [0.05, 0.1) is 5.75 Å². The Morgan fingerprint density at radius 1 is 1.19 bits per heavy atom. The number of hydrogen-bond donors (Lipinski definition) is 1. The van der Waals surface area contributed by atoms with Crippen LogP contribution in [0.3, 0.4) is 0 Å². The molecule has 21 heavy (non-hydrogen) atoms. The highest BCUT2D eigenvalue weighted by Gasteiger charge is 2.37. The largest absolute Gasteiger partial charge is 0.480 e. The first kappa shape index (κ1) is 17.4. The molecule has 0 heterocycles. The molecule has 0 aliphatic heterocycles. The van der Waals surface area contributed by atoms with Crippen molar-refractivity contribution in [3.8, 4) is 0 Å². The lowest BCUT2D eigenvalue weighted by Crippen LogP contribution is -2.42. The van der Waals surface area contributed by atoms with Gasteiger partial charge in [-0.3, -0.25) is 4.79 Å². The monoisotopic (exact) mass is 329 g/mol. The molecule has 1 aromatic carbocycles. The van der Waals surface area contributed by atoms with Crippen molar-refractivity contribution >= 4 is 16.0 Å². The molecule has 0 saturated carbocycles. The van der Waals surface area contributed by atoms with Gasteiger partial charge in [-0.05, 0) is 17.7 Å². The van der Waals surface area contributed by atoms with Gasteiger partial charge >= 0.3 is 12.1 Å². The van der Waals surface area contributed by atoms with Crippen LogP contribution < -0.4 is 0 Å². The quantitative estimate of drug-likeness (QED) is 0.805. The van der Waals surface area contributed by atoms with Crippen molar-refractivity contribution in [1.82, 2.24) is 4.31 Å². The Kier molecular flexibility index (Phi) is 5.29. The van der Waals surface area contributed by atoms with Crippen LogP contribution in [-0.2, 0) is 20.6 Å². The van der Waals surface area contributed by atoms with Crippen LogP contribution in [0.25, 0.3) is 0 Å². The first-order valence-corrected chi connectivity index (χ1v) is 7.11. The van der Waals surface area contributed by atoms with Crippen molar-refractivity contribution in [3.05, 3.63) is 35.6 Å². The van der Waals surface area contributed by atoms with Gasteiger partial charge in [0, 0.05) is 0 Å². The van der Waals surface area contributed by atoms with E-state index in [1.165, 1.54) is 0 Å². The van der Waals surface area contributed by atoms with Gasteiger partial charge in [0.1, 0.15) is 18.9 Å². The molecule has 0 unspecified atom stereocenters. The average molecular weight is 329 g/mol. The fourth-order valence-electron chi connectivity index (χ4n) is 1.49. The molecule has 0 aliphatic carbocycles. The molecule has 0 radical (unpaired) electrons. The van der Waals surface area contributed by atoms with Crippen molar-refractivity contribution in [3.63, 3.8) is 0 Å². The van der Waals surface area contributed by atoms with Crippen molar-refractivity contribution in [2.75, 3.05) is 13.1 Å². The number of carboxylic acids is 1. The average Bonchev–Trinajstić information content (AvgIpc) is 2.28. The van der Waals surface area contributed by atoms with Crippen molar-refractivity contribution in [1.29, 1.82) is 0 Å². The zero-order valence-electron chi connectivity index (χ0n) is 10.5. The highest BCUT2D eigenvalue weighted by atomic mass is 32.2. The third kappa shape index (κ3) is 6.08. The number of benzene rings is 1. The third-order valence-corrected chi connectivity index (χ3v) is 4.07. The summed E-state index contributed by atoms with van der Waals surface area (Å²) in [4.78, 5) is 10.5. The molecule has 0 atom stereocenters. The molecule has 118 valence electrons. The maximum absolute atomic E-state index is 12.7. The molecule has 0 amide bonds. The lowest BCUT2D eigenvalue weighted by Gasteiger charge is -2.21. The van der Waals surface area contributed by atoms with Crippen molar-refractivity contribution in [2.45, 2.75) is 11.9 Å². The topological polar surface area (TPSA) is 74.7 Å². The molecule has 1 aromatic rings. The van der Waals surface area contributed by atoms with Crippen LogP contribution in [0, 0.1) is 5.82 Å². The summed E-state index contributed by atoms with van der Waals surface area (Å²) in [6.45, 7) is -3.20. The summed E-state index contributed by atoms with van der Waals surface area (Å²) in [6.07, 6.45) is -4.87. The van der Waals surface area contributed by atoms with Gasteiger partial charge in [-0.1, -0.05) is 12.1 Å². The minimum Gasteiger partial charge on any atom is -0.480 e. The summed E-state index contributed by atoms with van der Waals surface area (Å²) in [7, 11) is -4.51. The zero-order valence-corrected chi connectivity index (χ0v) is 11.3. The van der Waals surface area contributed by atoms with E-state index in [2.05, 4.69) is 0 Å². The number of rotatable bonds is 6. The van der Waals surface area contributed by atoms with Gasteiger partial charge in [0.25, 0.3) is 0 Å². The molecule has 0 aliphatic rings. The Morgan fingerprint density at radius 3 is 2.14 bits per heavy atom. The first-order chi connectivity index (χ1) is 9.49. The SMILES string of the molecule is O=C(O)CN(CC(F)(F)F)S(=O)(=O)Cc1ccc(F)cc1. The van der Waals surface area contributed by atoms with Gasteiger partial charge in [-0.25, -0.2) is 12.8 Å². The van der Waals surface area contributed by atoms with Gasteiger partial charge in [0.2, 0.25) is 10.0 Å². The summed E-state index contributed by atoms with van der Waals surface area (Å²) in [6, 6.07) is 4.10. The normalized spacial score (nSPS) is 12.6. The van der Waals surface area contributed by atoms with E-state index in [1.807, 2.05) is 0 Å². The molecule has 10 heteroatoms. The number of alkyl halides is 3. The first-order valence-electron chi connectivity index (χ1n) is 5.50. The second-order valence-electron chi connectivity index (χ2n) is 4.16. The van der Waals surface area contributed by atoms with E-state index >= 15 is 0 Å². The predicted molar refractivity (Wildman–Crippen MR) is 64.3 cm³/mol. The number of nitrogens with zero attached hydrogens (tertiary/aromatic N) is 1. The molecule has 0 bridgehead atoms. The Bertz CT molecular complexity index is 598. The molecule has 0 aromatic heterocycles. The van der Waals surface area contributed by atoms with Crippen LogP contribution in [0.1, 0.15) is 5.56 Å². The molecule has 0 fully saturated rings. The number of hydrogen-bond acceptors (Lipinski definition) is 3. The van der Waals surface area contributed by atoms with E-state index in [9.17, 15) is 30.8 Å². The Labute approximate surface area is 117 Å². The minimum absolute atomic E-state index is 0.0500. The van der Waals surface area contributed by atoms with Crippen molar-refractivity contribution < 1.29 is 35.9 Å². The van der Waals surface area contributed by atoms with Crippen LogP contribution in [0.2, 0.25) is 0 Å². The number of sulfonamides is 1. The van der Waals surface area contributed by atoms with E-state index < -0.39 is 46.8 Å². The van der Waals surface area contributed by atoms with E-state index in [0.717, 1.165) is 24.3 Å². The highest BCUT2D eigenvalue weighted by Crippen LogP contribution is 2.20. The molecule has 0 saturated heterocycles. The summed E-state index contributed by atoms with van der Waals surface area (Å²) in [5, 5.41) is 8.52. The highest BCUT2D eigenvalue weighted by molar-refractivity contribution is 7.88. The van der Waals surface area contributed by atoms with Crippen LogP contribution >= 0.6 is 0 Å².